The normalized spacial score (nSPS) is 19.7. The molecule has 2 aliphatic rings. The predicted molar refractivity (Wildman–Crippen MR) is 167 cm³/mol. The van der Waals surface area contributed by atoms with Crippen LogP contribution < -0.4 is 15.3 Å². The summed E-state index contributed by atoms with van der Waals surface area (Å²) in [5, 5.41) is 22.2. The zero-order chi connectivity index (χ0) is 33.0. The van der Waals surface area contributed by atoms with Crippen molar-refractivity contribution in [2.24, 2.45) is 0 Å². The summed E-state index contributed by atoms with van der Waals surface area (Å²) in [6.45, 7) is 9.37. The lowest BCUT2D eigenvalue weighted by Gasteiger charge is -2.40. The van der Waals surface area contributed by atoms with Gasteiger partial charge in [-0.05, 0) is 43.2 Å². The number of aliphatic hydroxyl groups is 2. The number of ether oxygens (including phenoxy) is 1. The van der Waals surface area contributed by atoms with Crippen LogP contribution in [0.3, 0.4) is 0 Å². The quantitative estimate of drug-likeness (QED) is 0.316. The maximum Gasteiger partial charge on any atom is 0.355 e. The summed E-state index contributed by atoms with van der Waals surface area (Å²) < 4.78 is 38.8. The van der Waals surface area contributed by atoms with Crippen LogP contribution >= 0.6 is 11.6 Å². The maximum absolute atomic E-state index is 16.2. The number of aromatic nitrogens is 4. The van der Waals surface area contributed by atoms with Gasteiger partial charge in [-0.3, -0.25) is 9.78 Å². The number of nitrogens with zero attached hydrogens (tertiary/aromatic N) is 6. The molecule has 0 aliphatic carbocycles. The molecule has 2 N–H and O–H groups in total. The summed E-state index contributed by atoms with van der Waals surface area (Å²) in [6.07, 6.45) is -0.476. The van der Waals surface area contributed by atoms with Crippen LogP contribution in [-0.2, 0) is 4.79 Å². The summed E-state index contributed by atoms with van der Waals surface area (Å²) >= 11 is 6.11. The van der Waals surface area contributed by atoms with Crippen LogP contribution in [0.15, 0.2) is 47.9 Å². The molecular formula is C32H31ClF2N6O5. The van der Waals surface area contributed by atoms with Crippen molar-refractivity contribution in [2.75, 3.05) is 31.1 Å². The minimum absolute atomic E-state index is 0.102. The second-order valence-corrected chi connectivity index (χ2v) is 12.0. The van der Waals surface area contributed by atoms with Gasteiger partial charge in [0.15, 0.2) is 17.3 Å². The van der Waals surface area contributed by atoms with Crippen LogP contribution in [0.5, 0.6) is 5.75 Å². The summed E-state index contributed by atoms with van der Waals surface area (Å²) in [7, 11) is 0. The van der Waals surface area contributed by atoms with Crippen molar-refractivity contribution < 1.29 is 28.5 Å². The highest BCUT2D eigenvalue weighted by molar-refractivity contribution is 6.31. The van der Waals surface area contributed by atoms with E-state index < -0.39 is 47.4 Å². The van der Waals surface area contributed by atoms with E-state index in [0.717, 1.165) is 10.6 Å². The van der Waals surface area contributed by atoms with Crippen LogP contribution in [0.1, 0.15) is 44.1 Å². The molecule has 14 heteroatoms. The van der Waals surface area contributed by atoms with Gasteiger partial charge in [-0.15, -0.1) is 0 Å². The van der Waals surface area contributed by atoms with E-state index in [4.69, 9.17) is 16.3 Å². The molecule has 4 aromatic rings. The van der Waals surface area contributed by atoms with Gasteiger partial charge in [-0.2, -0.15) is 4.98 Å². The molecule has 0 spiro atoms. The van der Waals surface area contributed by atoms with Crippen molar-refractivity contribution in [3.8, 4) is 22.7 Å². The lowest BCUT2D eigenvalue weighted by atomic mass is 9.97. The van der Waals surface area contributed by atoms with Gasteiger partial charge in [0, 0.05) is 37.4 Å². The van der Waals surface area contributed by atoms with Crippen molar-refractivity contribution in [1.29, 1.82) is 0 Å². The lowest BCUT2D eigenvalue weighted by Crippen LogP contribution is -2.54. The summed E-state index contributed by atoms with van der Waals surface area (Å²) in [5.41, 5.74) is -1.25. The van der Waals surface area contributed by atoms with Gasteiger partial charge < -0.3 is 24.7 Å². The van der Waals surface area contributed by atoms with Crippen molar-refractivity contribution >= 4 is 34.4 Å². The zero-order valence-corrected chi connectivity index (χ0v) is 26.0. The van der Waals surface area contributed by atoms with Gasteiger partial charge in [-0.1, -0.05) is 32.0 Å². The number of halogens is 3. The zero-order valence-electron chi connectivity index (χ0n) is 25.2. The number of fused-ring (bicyclic) bond motifs is 5. The SMILES string of the molecule is C=CC(=O)N1CCN(c2nc(=O)n3c4nc(c(F)cc24)-c2c(ccc(Cl)c2F)OCC(O)C(O)c2ccnc(C(C)C)c2-3)[C@@H](C)C1. The summed E-state index contributed by atoms with van der Waals surface area (Å²) in [4.78, 5) is 43.4. The highest BCUT2D eigenvalue weighted by Gasteiger charge is 2.34. The van der Waals surface area contributed by atoms with Gasteiger partial charge in [0.2, 0.25) is 5.91 Å². The molecule has 2 unspecified atom stereocenters. The lowest BCUT2D eigenvalue weighted by molar-refractivity contribution is -0.126. The molecule has 1 aromatic carbocycles. The fourth-order valence-electron chi connectivity index (χ4n) is 6.04. The predicted octanol–water partition coefficient (Wildman–Crippen LogP) is 3.91. The topological polar surface area (TPSA) is 134 Å². The first-order valence-electron chi connectivity index (χ1n) is 14.7. The third-order valence-corrected chi connectivity index (χ3v) is 8.62. The molecule has 1 amide bonds. The molecule has 3 atom stereocenters. The molecule has 6 rings (SSSR count). The molecule has 5 heterocycles. The number of rotatable bonds is 3. The van der Waals surface area contributed by atoms with Crippen molar-refractivity contribution in [1.82, 2.24) is 24.4 Å². The molecular weight excluding hydrogens is 622 g/mol. The Morgan fingerprint density at radius 3 is 2.65 bits per heavy atom. The van der Waals surface area contributed by atoms with E-state index in [1.54, 1.807) is 9.80 Å². The van der Waals surface area contributed by atoms with Crippen molar-refractivity contribution in [3.63, 3.8) is 0 Å². The van der Waals surface area contributed by atoms with E-state index in [9.17, 15) is 19.8 Å². The second-order valence-electron chi connectivity index (χ2n) is 11.6. The Bertz CT molecular complexity index is 1950. The number of carbonyl (C=O) groups is 1. The number of pyridine rings is 2. The van der Waals surface area contributed by atoms with E-state index in [0.29, 0.717) is 5.69 Å². The third-order valence-electron chi connectivity index (χ3n) is 8.33. The second kappa shape index (κ2) is 12.0. The van der Waals surface area contributed by atoms with Gasteiger partial charge in [-0.25, -0.2) is 23.1 Å². The average molecular weight is 653 g/mol. The molecule has 0 radical (unpaired) electrons. The fraction of sp³-hybridized carbons (Fsp3) is 0.344. The van der Waals surface area contributed by atoms with Crippen LogP contribution in [0.2, 0.25) is 5.02 Å². The largest absolute Gasteiger partial charge is 0.490 e. The molecule has 11 nitrogen and oxygen atoms in total. The average Bonchev–Trinajstić information content (AvgIpc) is 3.03. The van der Waals surface area contributed by atoms with Gasteiger partial charge in [0.1, 0.15) is 36.1 Å². The molecule has 2 bridgehead atoms. The standard InChI is InChI=1S/C32H31ClF2N6O5/c1-5-23(43)39-10-11-40(16(4)13-39)30-18-12-20(34)27-24-22(7-6-19(33)25(24)35)46-14-21(42)29(44)17-8-9-36-26(15(2)3)28(17)41(31(18)37-27)32(45)38-30/h5-9,12,15-16,21,29,42,44H,1,10-11,13-14H2,2-4H3/t16-,21?,29?/m0/s1. The molecule has 1 saturated heterocycles. The number of hydrogen-bond donors (Lipinski definition) is 2. The van der Waals surface area contributed by atoms with Crippen LogP contribution in [0.25, 0.3) is 28.0 Å². The van der Waals surface area contributed by atoms with E-state index in [2.05, 4.69) is 21.5 Å². The first kappa shape index (κ1) is 31.5. The van der Waals surface area contributed by atoms with Gasteiger partial charge in [0.05, 0.1) is 27.4 Å². The van der Waals surface area contributed by atoms with Crippen molar-refractivity contribution in [3.05, 3.63) is 81.5 Å². The Balaban J connectivity index is 1.73. The fourth-order valence-corrected chi connectivity index (χ4v) is 6.20. The minimum atomic E-state index is -1.59. The Kier molecular flexibility index (Phi) is 8.25. The minimum Gasteiger partial charge on any atom is -0.490 e. The maximum atomic E-state index is 16.2. The molecule has 2 aliphatic heterocycles. The smallest absolute Gasteiger partial charge is 0.355 e. The van der Waals surface area contributed by atoms with Crippen molar-refractivity contribution in [2.45, 2.75) is 44.9 Å². The van der Waals surface area contributed by atoms with Gasteiger partial charge >= 0.3 is 5.69 Å². The molecule has 240 valence electrons. The van der Waals surface area contributed by atoms with E-state index >= 15 is 8.78 Å². The van der Waals surface area contributed by atoms with Gasteiger partial charge in [0.25, 0.3) is 0 Å². The Morgan fingerprint density at radius 1 is 1.20 bits per heavy atom. The van der Waals surface area contributed by atoms with Crippen LogP contribution in [0.4, 0.5) is 14.6 Å². The van der Waals surface area contributed by atoms with E-state index in [1.807, 2.05) is 20.8 Å². The Morgan fingerprint density at radius 2 is 1.96 bits per heavy atom. The Labute approximate surface area is 267 Å². The number of amides is 1. The highest BCUT2D eigenvalue weighted by Crippen LogP contribution is 2.40. The van der Waals surface area contributed by atoms with E-state index in [-0.39, 0.29) is 76.4 Å². The number of hydrogen-bond acceptors (Lipinski definition) is 9. The molecule has 46 heavy (non-hydrogen) atoms. The van der Waals surface area contributed by atoms with Crippen LogP contribution in [-0.4, -0.2) is 78.9 Å². The highest BCUT2D eigenvalue weighted by atomic mass is 35.5. The first-order valence-corrected chi connectivity index (χ1v) is 15.1. The van der Waals surface area contributed by atoms with E-state index in [1.165, 1.54) is 30.5 Å². The third kappa shape index (κ3) is 5.17. The molecule has 1 fully saturated rings. The number of benzene rings is 1. The summed E-state index contributed by atoms with van der Waals surface area (Å²) in [6, 6.07) is 4.76. The molecule has 3 aromatic heterocycles. The monoisotopic (exact) mass is 652 g/mol. The summed E-state index contributed by atoms with van der Waals surface area (Å²) in [5.74, 6) is -2.59. The Hall–Kier alpha value is -4.46. The number of aliphatic hydroxyl groups excluding tert-OH is 2. The first-order chi connectivity index (χ1) is 21.9. The number of carbonyl (C=O) groups excluding carboxylic acids is 1. The number of piperazine rings is 1. The van der Waals surface area contributed by atoms with Crippen LogP contribution in [0, 0.1) is 11.6 Å². The number of anilines is 1. The molecule has 0 saturated carbocycles.